The maximum absolute atomic E-state index is 12.3. The number of hydrogen-bond acceptors (Lipinski definition) is 6. The van der Waals surface area contributed by atoms with Crippen LogP contribution in [0.1, 0.15) is 37.9 Å². The Morgan fingerprint density at radius 2 is 2.12 bits per heavy atom. The highest BCUT2D eigenvalue weighted by Gasteiger charge is 2.25. The third-order valence-electron chi connectivity index (χ3n) is 4.33. The molecular formula is C19H21N3O4. The van der Waals surface area contributed by atoms with Crippen LogP contribution in [-0.4, -0.2) is 39.6 Å². The Morgan fingerprint density at radius 1 is 1.31 bits per heavy atom. The molecular weight excluding hydrogens is 334 g/mol. The zero-order valence-electron chi connectivity index (χ0n) is 14.6. The summed E-state index contributed by atoms with van der Waals surface area (Å²) in [6.07, 6.45) is 1.78. The van der Waals surface area contributed by atoms with Gasteiger partial charge in [0.05, 0.1) is 36.7 Å². The van der Waals surface area contributed by atoms with Crippen molar-refractivity contribution in [1.82, 2.24) is 9.97 Å². The first-order valence-electron chi connectivity index (χ1n) is 8.58. The van der Waals surface area contributed by atoms with Crippen molar-refractivity contribution in [2.45, 2.75) is 38.6 Å². The molecule has 1 fully saturated rings. The Morgan fingerprint density at radius 3 is 2.88 bits per heavy atom. The van der Waals surface area contributed by atoms with Gasteiger partial charge >= 0.3 is 5.97 Å². The van der Waals surface area contributed by atoms with Crippen LogP contribution in [0, 0.1) is 0 Å². The minimum Gasteiger partial charge on any atom is -0.511 e. The summed E-state index contributed by atoms with van der Waals surface area (Å²) in [7, 11) is 1.29. The van der Waals surface area contributed by atoms with Crippen LogP contribution in [0.15, 0.2) is 40.6 Å². The Hall–Kier alpha value is -2.96. The molecule has 7 heteroatoms. The fourth-order valence-electron chi connectivity index (χ4n) is 3.01. The number of para-hydroxylation sites is 2. The summed E-state index contributed by atoms with van der Waals surface area (Å²) in [5, 5.41) is 10.3. The first-order valence-corrected chi connectivity index (χ1v) is 8.58. The van der Waals surface area contributed by atoms with Crippen molar-refractivity contribution >= 4 is 28.5 Å². The first kappa shape index (κ1) is 17.8. The van der Waals surface area contributed by atoms with Crippen LogP contribution in [0.5, 0.6) is 0 Å². The highest BCUT2D eigenvalue weighted by Crippen LogP contribution is 2.23. The van der Waals surface area contributed by atoms with Gasteiger partial charge in [0, 0.05) is 18.6 Å². The van der Waals surface area contributed by atoms with Crippen molar-refractivity contribution in [3.05, 3.63) is 41.4 Å². The summed E-state index contributed by atoms with van der Waals surface area (Å²) >= 11 is 0. The van der Waals surface area contributed by atoms with Crippen LogP contribution in [0.4, 0.5) is 0 Å². The molecule has 2 aromatic rings. The Balaban J connectivity index is 1.81. The number of imidazole rings is 1. The molecule has 0 amide bonds. The number of aliphatic hydroxyl groups is 1. The maximum Gasteiger partial charge on any atom is 0.305 e. The van der Waals surface area contributed by atoms with Crippen LogP contribution in [0.2, 0.25) is 0 Å². The molecule has 26 heavy (non-hydrogen) atoms. The van der Waals surface area contributed by atoms with E-state index in [1.54, 1.807) is 0 Å². The van der Waals surface area contributed by atoms with E-state index in [4.69, 9.17) is 0 Å². The number of ketones is 1. The highest BCUT2D eigenvalue weighted by atomic mass is 16.5. The monoisotopic (exact) mass is 355 g/mol. The molecule has 0 atom stereocenters. The number of aliphatic imine (C=N–C) groups is 1. The lowest BCUT2D eigenvalue weighted by molar-refractivity contribution is -0.140. The van der Waals surface area contributed by atoms with E-state index in [1.165, 1.54) is 7.11 Å². The minimum absolute atomic E-state index is 0.0238. The Kier molecular flexibility index (Phi) is 5.46. The third-order valence-corrected chi connectivity index (χ3v) is 4.33. The standard InChI is InChI=1S/C19H21N3O4/c1-26-18(25)10-9-16(24)19-14(7-4-8-15(19)23)20-11-17-21-12-5-2-3-6-13(12)22-17/h2-3,5-6,24H,4,7-11H2,1H3,(H,21,22)/b19-16+,20-14?. The topological polar surface area (TPSA) is 105 Å². The van der Waals surface area contributed by atoms with E-state index in [1.807, 2.05) is 24.3 Å². The second kappa shape index (κ2) is 7.95. The molecule has 3 rings (SSSR count). The van der Waals surface area contributed by atoms with Gasteiger partial charge in [0.25, 0.3) is 0 Å². The summed E-state index contributed by atoms with van der Waals surface area (Å²) in [4.78, 5) is 35.7. The largest absolute Gasteiger partial charge is 0.511 e. The van der Waals surface area contributed by atoms with Crippen molar-refractivity contribution in [2.24, 2.45) is 4.99 Å². The van der Waals surface area contributed by atoms with Gasteiger partial charge in [-0.1, -0.05) is 12.1 Å². The predicted molar refractivity (Wildman–Crippen MR) is 97.0 cm³/mol. The number of methoxy groups -OCH3 is 1. The summed E-state index contributed by atoms with van der Waals surface area (Å²) < 4.78 is 4.58. The number of H-pyrrole nitrogens is 1. The molecule has 1 aromatic heterocycles. The smallest absolute Gasteiger partial charge is 0.305 e. The quantitative estimate of drug-likeness (QED) is 0.487. The lowest BCUT2D eigenvalue weighted by Crippen LogP contribution is -2.22. The number of nitrogens with zero attached hydrogens (tertiary/aromatic N) is 2. The van der Waals surface area contributed by atoms with Crippen molar-refractivity contribution in [3.8, 4) is 0 Å². The number of hydrogen-bond donors (Lipinski definition) is 2. The molecule has 0 unspecified atom stereocenters. The number of ether oxygens (including phenoxy) is 1. The molecule has 1 saturated carbocycles. The molecule has 2 N–H and O–H groups in total. The summed E-state index contributed by atoms with van der Waals surface area (Å²) in [5.41, 5.74) is 2.61. The lowest BCUT2D eigenvalue weighted by Gasteiger charge is -2.17. The minimum atomic E-state index is -0.429. The maximum atomic E-state index is 12.3. The molecule has 1 aliphatic rings. The zero-order valence-corrected chi connectivity index (χ0v) is 14.6. The van der Waals surface area contributed by atoms with E-state index in [0.29, 0.717) is 37.3 Å². The van der Waals surface area contributed by atoms with Crippen LogP contribution in [0.3, 0.4) is 0 Å². The number of carbonyl (C=O) groups is 2. The van der Waals surface area contributed by atoms with Crippen LogP contribution in [0.25, 0.3) is 11.0 Å². The van der Waals surface area contributed by atoms with Gasteiger partial charge < -0.3 is 14.8 Å². The zero-order chi connectivity index (χ0) is 18.5. The van der Waals surface area contributed by atoms with Gasteiger partial charge in [0.2, 0.25) is 0 Å². The number of esters is 1. The summed E-state index contributed by atoms with van der Waals surface area (Å²) in [5.74, 6) is 0.0386. The average Bonchev–Trinajstić information content (AvgIpc) is 3.07. The number of Topliss-reactive ketones (excluding diaryl/α,β-unsaturated/α-hetero) is 1. The van der Waals surface area contributed by atoms with Crippen LogP contribution in [-0.2, 0) is 20.9 Å². The van der Waals surface area contributed by atoms with Crippen LogP contribution >= 0.6 is 0 Å². The molecule has 1 aromatic carbocycles. The number of carbonyl (C=O) groups excluding carboxylic acids is 2. The van der Waals surface area contributed by atoms with E-state index in [-0.39, 0.29) is 30.0 Å². The Labute approximate surface area is 150 Å². The SMILES string of the molecule is COC(=O)CC/C(O)=C1\C(=O)CCCC1=NCc1nc2ccccc2[nH]1. The third kappa shape index (κ3) is 3.99. The molecule has 0 radical (unpaired) electrons. The summed E-state index contributed by atoms with van der Waals surface area (Å²) in [6, 6.07) is 7.69. The van der Waals surface area contributed by atoms with E-state index in [9.17, 15) is 14.7 Å². The molecule has 1 aliphatic carbocycles. The lowest BCUT2D eigenvalue weighted by atomic mass is 9.89. The molecule has 0 aliphatic heterocycles. The van der Waals surface area contributed by atoms with E-state index in [0.717, 1.165) is 11.0 Å². The van der Waals surface area contributed by atoms with E-state index >= 15 is 0 Å². The molecule has 0 spiro atoms. The van der Waals surface area contributed by atoms with Gasteiger partial charge in [-0.25, -0.2) is 4.98 Å². The van der Waals surface area contributed by atoms with Gasteiger partial charge in [-0.2, -0.15) is 0 Å². The highest BCUT2D eigenvalue weighted by molar-refractivity contribution is 6.24. The van der Waals surface area contributed by atoms with Crippen LogP contribution < -0.4 is 0 Å². The number of aromatic nitrogens is 2. The number of allylic oxidation sites excluding steroid dienone is 2. The number of fused-ring (bicyclic) bond motifs is 1. The van der Waals surface area contributed by atoms with Gasteiger partial charge in [-0.05, 0) is 25.0 Å². The van der Waals surface area contributed by atoms with Crippen molar-refractivity contribution < 1.29 is 19.4 Å². The number of nitrogens with one attached hydrogen (secondary N) is 1. The summed E-state index contributed by atoms with van der Waals surface area (Å²) in [6.45, 7) is 0.297. The van der Waals surface area contributed by atoms with E-state index < -0.39 is 5.97 Å². The first-order chi connectivity index (χ1) is 12.6. The second-order valence-corrected chi connectivity index (χ2v) is 6.14. The fourth-order valence-corrected chi connectivity index (χ4v) is 3.01. The molecule has 7 nitrogen and oxygen atoms in total. The number of benzene rings is 1. The molecule has 0 saturated heterocycles. The van der Waals surface area contributed by atoms with Crippen molar-refractivity contribution in [3.63, 3.8) is 0 Å². The molecule has 1 heterocycles. The predicted octanol–water partition coefficient (Wildman–Crippen LogP) is 3.02. The number of aromatic amines is 1. The van der Waals surface area contributed by atoms with Gasteiger partial charge in [-0.15, -0.1) is 0 Å². The normalized spacial score (nSPS) is 18.3. The number of aliphatic hydroxyl groups excluding tert-OH is 1. The van der Waals surface area contributed by atoms with Gasteiger partial charge in [0.1, 0.15) is 11.6 Å². The second-order valence-electron chi connectivity index (χ2n) is 6.14. The average molecular weight is 355 g/mol. The van der Waals surface area contributed by atoms with Crippen molar-refractivity contribution in [1.29, 1.82) is 0 Å². The van der Waals surface area contributed by atoms with Gasteiger partial charge in [-0.3, -0.25) is 14.6 Å². The van der Waals surface area contributed by atoms with Crippen molar-refractivity contribution in [2.75, 3.05) is 7.11 Å². The fraction of sp³-hybridized carbons (Fsp3) is 0.368. The molecule has 136 valence electrons. The number of rotatable bonds is 5. The molecule has 0 bridgehead atoms. The Bertz CT molecular complexity index is 862. The van der Waals surface area contributed by atoms with Gasteiger partial charge in [0.15, 0.2) is 5.78 Å². The van der Waals surface area contributed by atoms with E-state index in [2.05, 4.69) is 19.7 Å².